The summed E-state index contributed by atoms with van der Waals surface area (Å²) in [7, 11) is -7.73. The van der Waals surface area contributed by atoms with Gasteiger partial charge in [-0.1, -0.05) is 35.4 Å². The molecule has 0 spiro atoms. The van der Waals surface area contributed by atoms with E-state index in [0.717, 1.165) is 11.1 Å². The maximum absolute atomic E-state index is 12.1. The van der Waals surface area contributed by atoms with Crippen molar-refractivity contribution in [3.8, 4) is 0 Å². The molecule has 0 saturated carbocycles. The molecule has 0 fully saturated rings. The number of ether oxygens (including phenoxy) is 1. The molecule has 7 nitrogen and oxygen atoms in total. The van der Waals surface area contributed by atoms with Gasteiger partial charge in [0.05, 0.1) is 35.7 Å². The van der Waals surface area contributed by atoms with Gasteiger partial charge in [0.1, 0.15) is 0 Å². The number of rotatable bonds is 10. The van der Waals surface area contributed by atoms with Gasteiger partial charge < -0.3 is 4.74 Å². The van der Waals surface area contributed by atoms with E-state index in [9.17, 15) is 16.8 Å². The Morgan fingerprint density at radius 1 is 0.714 bits per heavy atom. The summed E-state index contributed by atoms with van der Waals surface area (Å²) in [6.07, 6.45) is -0.564. The molecular weight excluding hydrogens is 404 g/mol. The van der Waals surface area contributed by atoms with E-state index < -0.39 is 26.3 Å². The molecule has 0 aliphatic heterocycles. The van der Waals surface area contributed by atoms with Gasteiger partial charge in [-0.2, -0.15) is 16.8 Å². The summed E-state index contributed by atoms with van der Waals surface area (Å²) in [5.74, 6) is 0. The molecule has 154 valence electrons. The third kappa shape index (κ3) is 6.68. The molecule has 1 atom stereocenters. The molecule has 2 aromatic rings. The zero-order valence-corrected chi connectivity index (χ0v) is 17.6. The Balaban J connectivity index is 1.76. The molecule has 9 heteroatoms. The van der Waals surface area contributed by atoms with E-state index in [1.807, 2.05) is 13.8 Å². The summed E-state index contributed by atoms with van der Waals surface area (Å²) in [4.78, 5) is 0.136. The van der Waals surface area contributed by atoms with Gasteiger partial charge in [0.15, 0.2) is 0 Å². The van der Waals surface area contributed by atoms with Gasteiger partial charge >= 0.3 is 0 Å². The standard InChI is InChI=1S/C19H24O7S2/c1-15-4-8-18(9-5-15)27(20,21)25-13-12-24-17(3)14-26-28(22,23)19-10-6-16(2)7-11-19/h4-11,17H,12-14H2,1-3H3/t17-/m0/s1. The van der Waals surface area contributed by atoms with E-state index in [0.29, 0.717) is 0 Å². The third-order valence-electron chi connectivity index (χ3n) is 3.80. The number of aryl methyl sites for hydroxylation is 2. The van der Waals surface area contributed by atoms with Gasteiger partial charge in [0.2, 0.25) is 0 Å². The highest BCUT2D eigenvalue weighted by Crippen LogP contribution is 2.15. The molecule has 28 heavy (non-hydrogen) atoms. The zero-order chi connectivity index (χ0) is 20.8. The minimum Gasteiger partial charge on any atom is -0.374 e. The van der Waals surface area contributed by atoms with Crippen LogP contribution in [-0.2, 0) is 33.3 Å². The summed E-state index contributed by atoms with van der Waals surface area (Å²) >= 11 is 0. The predicted octanol–water partition coefficient (Wildman–Crippen LogP) is 2.82. The van der Waals surface area contributed by atoms with Crippen molar-refractivity contribution >= 4 is 20.2 Å². The predicted molar refractivity (Wildman–Crippen MR) is 104 cm³/mol. The van der Waals surface area contributed by atoms with E-state index in [1.165, 1.54) is 24.3 Å². The number of hydrogen-bond donors (Lipinski definition) is 0. The molecule has 0 saturated heterocycles. The SMILES string of the molecule is Cc1ccc(S(=O)(=O)OCCO[C@@H](C)COS(=O)(=O)c2ccc(C)cc2)cc1. The van der Waals surface area contributed by atoms with Crippen LogP contribution in [0.4, 0.5) is 0 Å². The van der Waals surface area contributed by atoms with Crippen molar-refractivity contribution in [2.75, 3.05) is 19.8 Å². The zero-order valence-electron chi connectivity index (χ0n) is 16.0. The van der Waals surface area contributed by atoms with Crippen molar-refractivity contribution in [3.63, 3.8) is 0 Å². The van der Waals surface area contributed by atoms with E-state index in [1.54, 1.807) is 31.2 Å². The van der Waals surface area contributed by atoms with E-state index in [4.69, 9.17) is 13.1 Å². The van der Waals surface area contributed by atoms with Crippen LogP contribution in [0.25, 0.3) is 0 Å². The monoisotopic (exact) mass is 428 g/mol. The number of hydrogen-bond acceptors (Lipinski definition) is 7. The van der Waals surface area contributed by atoms with Crippen molar-refractivity contribution in [2.45, 2.75) is 36.7 Å². The minimum absolute atomic E-state index is 0.0276. The molecule has 0 unspecified atom stereocenters. The van der Waals surface area contributed by atoms with Crippen LogP contribution in [0.15, 0.2) is 58.3 Å². The van der Waals surface area contributed by atoms with Gasteiger partial charge in [-0.25, -0.2) is 0 Å². The lowest BCUT2D eigenvalue weighted by Crippen LogP contribution is -2.22. The second kappa shape index (κ2) is 9.62. The summed E-state index contributed by atoms with van der Waals surface area (Å²) < 4.78 is 63.6. The fourth-order valence-electron chi connectivity index (χ4n) is 2.17. The van der Waals surface area contributed by atoms with Crippen LogP contribution in [0.2, 0.25) is 0 Å². The largest absolute Gasteiger partial charge is 0.374 e. The first-order valence-electron chi connectivity index (χ1n) is 8.64. The van der Waals surface area contributed by atoms with Crippen LogP contribution in [-0.4, -0.2) is 42.8 Å². The van der Waals surface area contributed by atoms with Crippen molar-refractivity contribution in [2.24, 2.45) is 0 Å². The molecule has 0 aliphatic carbocycles. The molecule has 0 radical (unpaired) electrons. The topological polar surface area (TPSA) is 96.0 Å². The normalized spacial score (nSPS) is 13.4. The third-order valence-corrected chi connectivity index (χ3v) is 6.42. The molecule has 2 aromatic carbocycles. The van der Waals surface area contributed by atoms with Crippen LogP contribution < -0.4 is 0 Å². The average molecular weight is 429 g/mol. The van der Waals surface area contributed by atoms with Gasteiger partial charge in [-0.15, -0.1) is 0 Å². The van der Waals surface area contributed by atoms with E-state index >= 15 is 0 Å². The highest BCUT2D eigenvalue weighted by molar-refractivity contribution is 7.87. The highest BCUT2D eigenvalue weighted by Gasteiger charge is 2.18. The Kier molecular flexibility index (Phi) is 7.73. The summed E-state index contributed by atoms with van der Waals surface area (Å²) in [6.45, 7) is 4.92. The maximum atomic E-state index is 12.1. The Bertz CT molecular complexity index is 964. The molecule has 0 heterocycles. The maximum Gasteiger partial charge on any atom is 0.297 e. The Morgan fingerprint density at radius 3 is 1.61 bits per heavy atom. The lowest BCUT2D eigenvalue weighted by atomic mass is 10.2. The molecule has 0 bridgehead atoms. The first-order chi connectivity index (χ1) is 13.1. The molecule has 0 aliphatic rings. The fraction of sp³-hybridized carbons (Fsp3) is 0.368. The molecule has 0 N–H and O–H groups in total. The summed E-state index contributed by atoms with van der Waals surface area (Å²) in [5.41, 5.74) is 1.88. The minimum atomic E-state index is -3.87. The molecule has 0 aromatic heterocycles. The highest BCUT2D eigenvalue weighted by atomic mass is 32.2. The Labute approximate surface area is 166 Å². The van der Waals surface area contributed by atoms with E-state index in [2.05, 4.69) is 0 Å². The van der Waals surface area contributed by atoms with Crippen molar-refractivity contribution in [1.82, 2.24) is 0 Å². The van der Waals surface area contributed by atoms with E-state index in [-0.39, 0.29) is 29.6 Å². The van der Waals surface area contributed by atoms with Crippen molar-refractivity contribution in [3.05, 3.63) is 59.7 Å². The summed E-state index contributed by atoms with van der Waals surface area (Å²) in [5, 5.41) is 0. The average Bonchev–Trinajstić information content (AvgIpc) is 2.64. The van der Waals surface area contributed by atoms with Gasteiger partial charge in [-0.3, -0.25) is 8.37 Å². The van der Waals surface area contributed by atoms with Crippen LogP contribution in [0.3, 0.4) is 0 Å². The fourth-order valence-corrected chi connectivity index (χ4v) is 4.04. The lowest BCUT2D eigenvalue weighted by molar-refractivity contribution is 0.0195. The van der Waals surface area contributed by atoms with Crippen LogP contribution in [0, 0.1) is 13.8 Å². The first-order valence-corrected chi connectivity index (χ1v) is 11.5. The Hall–Kier alpha value is -1.78. The molecular formula is C19H24O7S2. The van der Waals surface area contributed by atoms with Crippen LogP contribution in [0.1, 0.15) is 18.1 Å². The van der Waals surface area contributed by atoms with Crippen molar-refractivity contribution < 1.29 is 29.9 Å². The molecule has 0 amide bonds. The van der Waals surface area contributed by atoms with Crippen LogP contribution in [0.5, 0.6) is 0 Å². The second-order valence-electron chi connectivity index (χ2n) is 6.32. The lowest BCUT2D eigenvalue weighted by Gasteiger charge is -2.14. The Morgan fingerprint density at radius 2 is 1.14 bits per heavy atom. The van der Waals surface area contributed by atoms with Gasteiger partial charge in [-0.05, 0) is 45.0 Å². The van der Waals surface area contributed by atoms with Gasteiger partial charge in [0, 0.05) is 0 Å². The van der Waals surface area contributed by atoms with Crippen LogP contribution >= 0.6 is 0 Å². The quantitative estimate of drug-likeness (QED) is 0.424. The number of benzene rings is 2. The first kappa shape index (κ1) is 22.5. The van der Waals surface area contributed by atoms with Gasteiger partial charge in [0.25, 0.3) is 20.2 Å². The van der Waals surface area contributed by atoms with Crippen molar-refractivity contribution in [1.29, 1.82) is 0 Å². The second-order valence-corrected chi connectivity index (χ2v) is 9.55. The molecule has 2 rings (SSSR count). The summed E-state index contributed by atoms with van der Waals surface area (Å²) in [6, 6.07) is 12.6. The smallest absolute Gasteiger partial charge is 0.297 e.